The molecule has 0 saturated carbocycles. The first kappa shape index (κ1) is 13.5. The summed E-state index contributed by atoms with van der Waals surface area (Å²) in [5.41, 5.74) is 6.79. The van der Waals surface area contributed by atoms with Gasteiger partial charge in [-0.1, -0.05) is 12.1 Å². The average Bonchev–Trinajstić information content (AvgIpc) is 2.39. The van der Waals surface area contributed by atoms with E-state index in [1.807, 2.05) is 12.1 Å². The van der Waals surface area contributed by atoms with Crippen molar-refractivity contribution in [3.8, 4) is 0 Å². The molecule has 102 valence electrons. The van der Waals surface area contributed by atoms with Crippen LogP contribution in [0.4, 0.5) is 0 Å². The number of likely N-dealkylation sites (tertiary alicyclic amines) is 1. The van der Waals surface area contributed by atoms with Gasteiger partial charge >= 0.3 is 5.97 Å². The number of primary amides is 1. The highest BCUT2D eigenvalue weighted by atomic mass is 16.4. The average molecular weight is 262 g/mol. The van der Waals surface area contributed by atoms with Crippen LogP contribution >= 0.6 is 0 Å². The van der Waals surface area contributed by atoms with Gasteiger partial charge in [-0.3, -0.25) is 14.5 Å². The predicted octanol–water partition coefficient (Wildman–Crippen LogP) is 1.08. The number of carbonyl (C=O) groups excluding carboxylic acids is 1. The van der Waals surface area contributed by atoms with Crippen molar-refractivity contribution in [3.63, 3.8) is 0 Å². The third-order valence-corrected chi connectivity index (χ3v) is 3.55. The molecule has 1 heterocycles. The molecule has 0 atom stereocenters. The van der Waals surface area contributed by atoms with E-state index < -0.39 is 11.9 Å². The van der Waals surface area contributed by atoms with Crippen LogP contribution in [0.5, 0.6) is 0 Å². The minimum absolute atomic E-state index is 0.215. The fraction of sp³-hybridized carbons (Fsp3) is 0.429. The van der Waals surface area contributed by atoms with Crippen LogP contribution in [0.25, 0.3) is 0 Å². The molecule has 1 amide bonds. The third-order valence-electron chi connectivity index (χ3n) is 3.55. The van der Waals surface area contributed by atoms with Gasteiger partial charge in [0.05, 0.1) is 5.92 Å². The second-order valence-corrected chi connectivity index (χ2v) is 4.95. The van der Waals surface area contributed by atoms with Gasteiger partial charge in [0.15, 0.2) is 0 Å². The summed E-state index contributed by atoms with van der Waals surface area (Å²) in [5.74, 6) is -1.34. The van der Waals surface area contributed by atoms with Crippen LogP contribution in [0.1, 0.15) is 28.8 Å². The largest absolute Gasteiger partial charge is 0.481 e. The van der Waals surface area contributed by atoms with Crippen LogP contribution in [-0.4, -0.2) is 35.0 Å². The van der Waals surface area contributed by atoms with Gasteiger partial charge in [-0.05, 0) is 43.6 Å². The van der Waals surface area contributed by atoms with E-state index in [1.54, 1.807) is 12.1 Å². The lowest BCUT2D eigenvalue weighted by Gasteiger charge is -2.30. The Morgan fingerprint density at radius 3 is 2.58 bits per heavy atom. The molecule has 0 unspecified atom stereocenters. The summed E-state index contributed by atoms with van der Waals surface area (Å²) in [7, 11) is 0. The summed E-state index contributed by atoms with van der Waals surface area (Å²) < 4.78 is 0. The lowest BCUT2D eigenvalue weighted by atomic mass is 9.96. The van der Waals surface area contributed by atoms with Gasteiger partial charge in [0.2, 0.25) is 5.91 Å². The monoisotopic (exact) mass is 262 g/mol. The maximum atomic E-state index is 11.1. The van der Waals surface area contributed by atoms with E-state index in [0.717, 1.165) is 25.2 Å². The van der Waals surface area contributed by atoms with Crippen molar-refractivity contribution >= 4 is 11.9 Å². The number of nitrogens with zero attached hydrogens (tertiary/aromatic N) is 1. The van der Waals surface area contributed by atoms with Crippen molar-refractivity contribution in [2.75, 3.05) is 13.1 Å². The third kappa shape index (κ3) is 3.54. The van der Waals surface area contributed by atoms with Gasteiger partial charge in [0.25, 0.3) is 0 Å². The Labute approximate surface area is 112 Å². The molecule has 5 heteroatoms. The first-order valence-corrected chi connectivity index (χ1v) is 6.40. The SMILES string of the molecule is NC(=O)c1cccc(CN2CCC(C(=O)O)CC2)c1. The number of benzene rings is 1. The molecule has 0 aliphatic carbocycles. The zero-order valence-corrected chi connectivity index (χ0v) is 10.7. The highest BCUT2D eigenvalue weighted by Gasteiger charge is 2.24. The summed E-state index contributed by atoms with van der Waals surface area (Å²) in [5, 5.41) is 8.94. The molecule has 5 nitrogen and oxygen atoms in total. The lowest BCUT2D eigenvalue weighted by molar-refractivity contribution is -0.143. The maximum Gasteiger partial charge on any atom is 0.306 e. The second-order valence-electron chi connectivity index (χ2n) is 4.95. The molecule has 0 bridgehead atoms. The quantitative estimate of drug-likeness (QED) is 0.850. The summed E-state index contributed by atoms with van der Waals surface area (Å²) >= 11 is 0. The van der Waals surface area contributed by atoms with Crippen LogP contribution in [0.3, 0.4) is 0 Å². The van der Waals surface area contributed by atoms with E-state index in [2.05, 4.69) is 4.90 Å². The zero-order chi connectivity index (χ0) is 13.8. The number of aliphatic carboxylic acids is 1. The van der Waals surface area contributed by atoms with E-state index in [0.29, 0.717) is 18.4 Å². The van der Waals surface area contributed by atoms with Crippen molar-refractivity contribution in [3.05, 3.63) is 35.4 Å². The Kier molecular flexibility index (Phi) is 4.16. The molecular weight excluding hydrogens is 244 g/mol. The number of hydrogen-bond donors (Lipinski definition) is 2. The summed E-state index contributed by atoms with van der Waals surface area (Å²) in [6.45, 7) is 2.28. The summed E-state index contributed by atoms with van der Waals surface area (Å²) in [6, 6.07) is 7.27. The van der Waals surface area contributed by atoms with Crippen molar-refractivity contribution in [1.82, 2.24) is 4.90 Å². The Morgan fingerprint density at radius 2 is 2.00 bits per heavy atom. The Balaban J connectivity index is 1.94. The van der Waals surface area contributed by atoms with Gasteiger partial charge in [0.1, 0.15) is 0 Å². The van der Waals surface area contributed by atoms with Crippen molar-refractivity contribution in [2.45, 2.75) is 19.4 Å². The van der Waals surface area contributed by atoms with Crippen LogP contribution in [0.15, 0.2) is 24.3 Å². The number of amides is 1. The number of piperidine rings is 1. The number of rotatable bonds is 4. The van der Waals surface area contributed by atoms with Gasteiger partial charge < -0.3 is 10.8 Å². The van der Waals surface area contributed by atoms with Crippen LogP contribution in [0.2, 0.25) is 0 Å². The minimum Gasteiger partial charge on any atom is -0.481 e. The maximum absolute atomic E-state index is 11.1. The van der Waals surface area contributed by atoms with Gasteiger partial charge in [-0.25, -0.2) is 0 Å². The van der Waals surface area contributed by atoms with Crippen LogP contribution in [0, 0.1) is 5.92 Å². The first-order chi connectivity index (χ1) is 9.06. The van der Waals surface area contributed by atoms with E-state index in [1.165, 1.54) is 0 Å². The molecule has 0 spiro atoms. The number of hydrogen-bond acceptors (Lipinski definition) is 3. The van der Waals surface area contributed by atoms with E-state index in [9.17, 15) is 9.59 Å². The molecule has 1 aliphatic rings. The van der Waals surface area contributed by atoms with Crippen LogP contribution in [-0.2, 0) is 11.3 Å². The standard InChI is InChI=1S/C14H18N2O3/c15-13(17)12-3-1-2-10(8-12)9-16-6-4-11(5-7-16)14(18)19/h1-3,8,11H,4-7,9H2,(H2,15,17)(H,18,19). The molecule has 1 aliphatic heterocycles. The molecule has 0 radical (unpaired) electrons. The Hall–Kier alpha value is -1.88. The topological polar surface area (TPSA) is 83.6 Å². The number of carboxylic acids is 1. The number of nitrogens with two attached hydrogens (primary N) is 1. The first-order valence-electron chi connectivity index (χ1n) is 6.40. The van der Waals surface area contributed by atoms with Crippen molar-refractivity contribution in [2.24, 2.45) is 11.7 Å². The highest BCUT2D eigenvalue weighted by molar-refractivity contribution is 5.92. The lowest BCUT2D eigenvalue weighted by Crippen LogP contribution is -2.35. The van der Waals surface area contributed by atoms with Crippen LogP contribution < -0.4 is 5.73 Å². The molecule has 0 aromatic heterocycles. The molecule has 1 fully saturated rings. The number of carboxylic acid groups (broad SMARTS) is 1. The molecular formula is C14H18N2O3. The van der Waals surface area contributed by atoms with E-state index >= 15 is 0 Å². The van der Waals surface area contributed by atoms with Crippen molar-refractivity contribution in [1.29, 1.82) is 0 Å². The van der Waals surface area contributed by atoms with E-state index in [4.69, 9.17) is 10.8 Å². The highest BCUT2D eigenvalue weighted by Crippen LogP contribution is 2.19. The summed E-state index contributed by atoms with van der Waals surface area (Å²) in [6.07, 6.45) is 1.37. The molecule has 1 aromatic carbocycles. The Morgan fingerprint density at radius 1 is 1.32 bits per heavy atom. The second kappa shape index (κ2) is 5.84. The molecule has 19 heavy (non-hydrogen) atoms. The summed E-state index contributed by atoms with van der Waals surface area (Å²) in [4.78, 5) is 24.2. The fourth-order valence-electron chi connectivity index (χ4n) is 2.42. The van der Waals surface area contributed by atoms with Gasteiger partial charge in [-0.2, -0.15) is 0 Å². The molecule has 3 N–H and O–H groups in total. The van der Waals surface area contributed by atoms with Gasteiger partial charge in [0, 0.05) is 12.1 Å². The number of carbonyl (C=O) groups is 2. The Bertz CT molecular complexity index is 479. The zero-order valence-electron chi connectivity index (χ0n) is 10.7. The fourth-order valence-corrected chi connectivity index (χ4v) is 2.42. The van der Waals surface area contributed by atoms with E-state index in [-0.39, 0.29) is 5.92 Å². The van der Waals surface area contributed by atoms with Gasteiger partial charge in [-0.15, -0.1) is 0 Å². The predicted molar refractivity (Wildman–Crippen MR) is 70.6 cm³/mol. The molecule has 1 saturated heterocycles. The smallest absolute Gasteiger partial charge is 0.306 e. The van der Waals surface area contributed by atoms with Crippen molar-refractivity contribution < 1.29 is 14.7 Å². The normalized spacial score (nSPS) is 17.3. The molecule has 2 rings (SSSR count). The minimum atomic E-state index is -0.699. The molecule has 1 aromatic rings.